The Morgan fingerprint density at radius 2 is 2.47 bits per heavy atom. The number of rotatable bonds is 1. The van der Waals surface area contributed by atoms with Gasteiger partial charge in [0.05, 0.1) is 19.2 Å². The number of ether oxygens (including phenoxy) is 1. The largest absolute Gasteiger partial charge is 0.360 e. The second-order valence-corrected chi connectivity index (χ2v) is 4.32. The molecule has 1 aliphatic heterocycles. The van der Waals surface area contributed by atoms with E-state index in [0.717, 1.165) is 0 Å². The molecule has 1 N–H and O–H groups in total. The Hall–Kier alpha value is -2.40. The van der Waals surface area contributed by atoms with Gasteiger partial charge >= 0.3 is 5.69 Å². The van der Waals surface area contributed by atoms with Gasteiger partial charge in [-0.3, -0.25) is 0 Å². The predicted molar refractivity (Wildman–Crippen MR) is 65.9 cm³/mol. The maximum absolute atomic E-state index is 11.5. The molecule has 1 unspecified atom stereocenters. The van der Waals surface area contributed by atoms with Gasteiger partial charge in [0.1, 0.15) is 11.6 Å². The fourth-order valence-corrected chi connectivity index (χ4v) is 2.18. The van der Waals surface area contributed by atoms with Gasteiger partial charge in [0.25, 0.3) is 0 Å². The highest BCUT2D eigenvalue weighted by atomic mass is 16.5. The van der Waals surface area contributed by atoms with Crippen LogP contribution in [0.3, 0.4) is 0 Å². The highest BCUT2D eigenvalue weighted by molar-refractivity contribution is 5.51. The van der Waals surface area contributed by atoms with E-state index in [-0.39, 0.29) is 5.69 Å². The maximum Gasteiger partial charge on any atom is 0.349 e. The average molecular weight is 260 g/mol. The van der Waals surface area contributed by atoms with Crippen LogP contribution in [0.1, 0.15) is 5.82 Å². The zero-order valence-electron chi connectivity index (χ0n) is 10.3. The van der Waals surface area contributed by atoms with Crippen LogP contribution in [0, 0.1) is 18.3 Å². The van der Waals surface area contributed by atoms with Gasteiger partial charge < -0.3 is 9.64 Å². The zero-order valence-corrected chi connectivity index (χ0v) is 10.3. The Morgan fingerprint density at radius 3 is 3.26 bits per heavy atom. The molecule has 98 valence electrons. The lowest BCUT2D eigenvalue weighted by Crippen LogP contribution is -2.42. The number of morpholine rings is 1. The number of aromatic nitrogens is 4. The molecule has 8 heteroatoms. The number of nitrogens with one attached hydrogen (secondary N) is 1. The summed E-state index contributed by atoms with van der Waals surface area (Å²) in [5.74, 6) is 1.26. The minimum absolute atomic E-state index is 0.302. The van der Waals surface area contributed by atoms with Crippen molar-refractivity contribution in [1.82, 2.24) is 19.6 Å². The Bertz CT molecular complexity index is 712. The van der Waals surface area contributed by atoms with Gasteiger partial charge in [-0.05, 0) is 6.92 Å². The first-order valence-corrected chi connectivity index (χ1v) is 5.90. The van der Waals surface area contributed by atoms with E-state index in [4.69, 9.17) is 10.00 Å². The molecule has 1 aliphatic rings. The molecule has 2 aromatic heterocycles. The smallest absolute Gasteiger partial charge is 0.349 e. The lowest BCUT2D eigenvalue weighted by molar-refractivity contribution is 0.0761. The first-order valence-electron chi connectivity index (χ1n) is 5.90. The van der Waals surface area contributed by atoms with E-state index in [0.29, 0.717) is 37.0 Å². The molecule has 19 heavy (non-hydrogen) atoms. The number of hydrogen-bond donors (Lipinski definition) is 1. The number of anilines is 1. The third-order valence-electron chi connectivity index (χ3n) is 3.09. The van der Waals surface area contributed by atoms with Gasteiger partial charge in [0.2, 0.25) is 0 Å². The van der Waals surface area contributed by atoms with Crippen LogP contribution < -0.4 is 10.6 Å². The Kier molecular flexibility index (Phi) is 2.68. The number of nitrogens with zero attached hydrogens (tertiary/aromatic N) is 5. The summed E-state index contributed by atoms with van der Waals surface area (Å²) in [7, 11) is 0. The summed E-state index contributed by atoms with van der Waals surface area (Å²) >= 11 is 0. The second kappa shape index (κ2) is 4.37. The normalized spacial score (nSPS) is 19.6. The summed E-state index contributed by atoms with van der Waals surface area (Å²) in [6.45, 7) is 3.36. The summed E-state index contributed by atoms with van der Waals surface area (Å²) in [6, 6.07) is 3.82. The van der Waals surface area contributed by atoms with Crippen molar-refractivity contribution in [2.45, 2.75) is 13.0 Å². The Labute approximate surface area is 108 Å². The summed E-state index contributed by atoms with van der Waals surface area (Å²) in [6.07, 6.45) is -0.451. The van der Waals surface area contributed by atoms with E-state index >= 15 is 0 Å². The number of aromatic amines is 1. The molecule has 2 aromatic rings. The van der Waals surface area contributed by atoms with Crippen LogP contribution in [-0.4, -0.2) is 45.4 Å². The first kappa shape index (κ1) is 11.7. The number of hydrogen-bond acceptors (Lipinski definition) is 6. The molecule has 1 saturated heterocycles. The molecule has 1 atom stereocenters. The first-order chi connectivity index (χ1) is 9.19. The molecule has 0 aliphatic carbocycles. The minimum atomic E-state index is -0.451. The maximum atomic E-state index is 11.5. The van der Waals surface area contributed by atoms with Crippen molar-refractivity contribution in [2.24, 2.45) is 0 Å². The fraction of sp³-hybridized carbons (Fsp3) is 0.455. The number of fused-ring (bicyclic) bond motifs is 1. The zero-order chi connectivity index (χ0) is 13.4. The average Bonchev–Trinajstić information content (AvgIpc) is 2.81. The molecule has 0 amide bonds. The van der Waals surface area contributed by atoms with Gasteiger partial charge in [-0.2, -0.15) is 10.4 Å². The van der Waals surface area contributed by atoms with Crippen molar-refractivity contribution in [3.63, 3.8) is 0 Å². The van der Waals surface area contributed by atoms with Gasteiger partial charge in [-0.25, -0.2) is 19.3 Å². The molecule has 0 bridgehead atoms. The summed E-state index contributed by atoms with van der Waals surface area (Å²) in [4.78, 5) is 17.9. The predicted octanol–water partition coefficient (Wildman–Crippen LogP) is -0.545. The molecule has 0 saturated carbocycles. The van der Waals surface area contributed by atoms with E-state index in [1.54, 1.807) is 13.0 Å². The molecule has 0 aromatic carbocycles. The van der Waals surface area contributed by atoms with Crippen LogP contribution in [0.5, 0.6) is 0 Å². The van der Waals surface area contributed by atoms with Gasteiger partial charge in [-0.1, -0.05) is 0 Å². The van der Waals surface area contributed by atoms with Crippen molar-refractivity contribution >= 4 is 11.5 Å². The third-order valence-corrected chi connectivity index (χ3v) is 3.09. The molecular formula is C11H12N6O2. The van der Waals surface area contributed by atoms with Crippen LogP contribution >= 0.6 is 0 Å². The topological polar surface area (TPSA) is 99.3 Å². The van der Waals surface area contributed by atoms with Crippen molar-refractivity contribution in [1.29, 1.82) is 5.26 Å². The quantitative estimate of drug-likeness (QED) is 0.739. The highest BCUT2D eigenvalue weighted by Crippen LogP contribution is 2.16. The monoisotopic (exact) mass is 260 g/mol. The number of H-pyrrole nitrogens is 1. The number of nitriles is 1. The van der Waals surface area contributed by atoms with Crippen molar-refractivity contribution in [2.75, 3.05) is 24.6 Å². The summed E-state index contributed by atoms with van der Waals surface area (Å²) < 4.78 is 6.70. The van der Waals surface area contributed by atoms with Crippen LogP contribution in [-0.2, 0) is 4.74 Å². The van der Waals surface area contributed by atoms with Crippen LogP contribution in [0.4, 0.5) is 5.82 Å². The van der Waals surface area contributed by atoms with Crippen LogP contribution in [0.2, 0.25) is 0 Å². The fourth-order valence-electron chi connectivity index (χ4n) is 2.18. The standard InChI is InChI=1S/C11H12N6O2/c1-7-13-9(4-10-14-15-11(18)17(7)10)16-2-3-19-8(5-12)6-16/h4,8H,2-3,6H2,1H3,(H,15,18). The van der Waals surface area contributed by atoms with Crippen LogP contribution in [0.25, 0.3) is 5.65 Å². The van der Waals surface area contributed by atoms with Gasteiger partial charge in [0, 0.05) is 12.6 Å². The Morgan fingerprint density at radius 1 is 1.63 bits per heavy atom. The van der Waals surface area contributed by atoms with Crippen molar-refractivity contribution in [3.8, 4) is 6.07 Å². The van der Waals surface area contributed by atoms with E-state index in [1.165, 1.54) is 4.40 Å². The molecule has 0 spiro atoms. The van der Waals surface area contributed by atoms with Crippen molar-refractivity contribution in [3.05, 3.63) is 22.4 Å². The summed E-state index contributed by atoms with van der Waals surface area (Å²) in [5.41, 5.74) is 0.218. The van der Waals surface area contributed by atoms with E-state index < -0.39 is 6.10 Å². The lowest BCUT2D eigenvalue weighted by atomic mass is 10.3. The van der Waals surface area contributed by atoms with Crippen LogP contribution in [0.15, 0.2) is 10.9 Å². The third kappa shape index (κ3) is 1.94. The molecule has 3 rings (SSSR count). The van der Waals surface area contributed by atoms with Crippen molar-refractivity contribution < 1.29 is 4.74 Å². The minimum Gasteiger partial charge on any atom is -0.360 e. The summed E-state index contributed by atoms with van der Waals surface area (Å²) in [5, 5.41) is 15.2. The highest BCUT2D eigenvalue weighted by Gasteiger charge is 2.22. The van der Waals surface area contributed by atoms with E-state index in [1.807, 2.05) is 4.90 Å². The molecule has 0 radical (unpaired) electrons. The van der Waals surface area contributed by atoms with E-state index in [2.05, 4.69) is 21.3 Å². The molecular weight excluding hydrogens is 248 g/mol. The second-order valence-electron chi connectivity index (χ2n) is 4.32. The molecule has 1 fully saturated rings. The van der Waals surface area contributed by atoms with Gasteiger partial charge in [-0.15, -0.1) is 0 Å². The molecule has 3 heterocycles. The lowest BCUT2D eigenvalue weighted by Gasteiger charge is -2.30. The SMILES string of the molecule is Cc1nc(N2CCOC(C#N)C2)cc2n[nH]c(=O)n12. The Balaban J connectivity index is 2.01. The van der Waals surface area contributed by atoms with E-state index in [9.17, 15) is 4.79 Å². The number of aryl methyl sites for hydroxylation is 1. The molecule has 8 nitrogen and oxygen atoms in total. The van der Waals surface area contributed by atoms with Gasteiger partial charge in [0.15, 0.2) is 11.8 Å².